The van der Waals surface area contributed by atoms with E-state index in [-0.39, 0.29) is 0 Å². The summed E-state index contributed by atoms with van der Waals surface area (Å²) in [5, 5.41) is 0. The Morgan fingerprint density at radius 1 is 1.10 bits per heavy atom. The Balaban J connectivity index is 2.04. The fourth-order valence-corrected chi connectivity index (χ4v) is 3.65. The second kappa shape index (κ2) is 8.62. The molecule has 122 valence electrons. The number of rotatable bonds is 5. The lowest BCUT2D eigenvalue weighted by atomic mass is 9.96. The molecule has 0 amide bonds. The zero-order valence-electron chi connectivity index (χ0n) is 14.0. The van der Waals surface area contributed by atoms with Crippen LogP contribution in [0.5, 0.6) is 0 Å². The van der Waals surface area contributed by atoms with Gasteiger partial charge in [0.2, 0.25) is 5.96 Å². The highest BCUT2D eigenvalue weighted by Gasteiger charge is 2.26. The van der Waals surface area contributed by atoms with Crippen molar-refractivity contribution < 1.29 is 0 Å². The van der Waals surface area contributed by atoms with E-state index in [4.69, 9.17) is 10.8 Å². The van der Waals surface area contributed by atoms with Gasteiger partial charge in [-0.25, -0.2) is 10.8 Å². The van der Waals surface area contributed by atoms with Crippen molar-refractivity contribution in [2.75, 3.05) is 6.54 Å². The number of nitrogens with two attached hydrogens (primary N) is 1. The van der Waals surface area contributed by atoms with Crippen molar-refractivity contribution in [3.63, 3.8) is 0 Å². The lowest BCUT2D eigenvalue weighted by Gasteiger charge is -2.33. The van der Waals surface area contributed by atoms with Gasteiger partial charge in [-0.15, -0.1) is 0 Å². The predicted molar refractivity (Wildman–Crippen MR) is 90.0 cm³/mol. The zero-order chi connectivity index (χ0) is 15.1. The second-order valence-electron chi connectivity index (χ2n) is 7.20. The van der Waals surface area contributed by atoms with E-state index in [0.29, 0.717) is 12.1 Å². The molecule has 0 heterocycles. The average Bonchev–Trinajstić information content (AvgIpc) is 3.01. The molecule has 2 rings (SSSR count). The number of hydrazine groups is 1. The molecule has 21 heavy (non-hydrogen) atoms. The van der Waals surface area contributed by atoms with Crippen LogP contribution in [-0.4, -0.2) is 29.5 Å². The largest absolute Gasteiger partial charge is 0.339 e. The smallest absolute Gasteiger partial charge is 0.208 e. The van der Waals surface area contributed by atoms with Crippen molar-refractivity contribution in [1.29, 1.82) is 0 Å². The van der Waals surface area contributed by atoms with E-state index in [1.807, 2.05) is 0 Å². The van der Waals surface area contributed by atoms with Crippen LogP contribution in [0.1, 0.15) is 78.1 Å². The minimum atomic E-state index is 0.479. The topological polar surface area (TPSA) is 53.6 Å². The minimum Gasteiger partial charge on any atom is -0.339 e. The van der Waals surface area contributed by atoms with E-state index in [1.165, 1.54) is 64.2 Å². The third-order valence-corrected chi connectivity index (χ3v) is 4.99. The molecule has 0 aromatic rings. The number of nitrogens with zero attached hydrogens (tertiary/aromatic N) is 2. The molecule has 4 heteroatoms. The predicted octanol–water partition coefficient (Wildman–Crippen LogP) is 3.43. The third-order valence-electron chi connectivity index (χ3n) is 4.99. The molecule has 0 aromatic heterocycles. The first kappa shape index (κ1) is 16.6. The molecular weight excluding hydrogens is 260 g/mol. The average molecular weight is 294 g/mol. The summed E-state index contributed by atoms with van der Waals surface area (Å²) in [5.41, 5.74) is 2.93. The highest BCUT2D eigenvalue weighted by molar-refractivity contribution is 5.80. The van der Waals surface area contributed by atoms with E-state index >= 15 is 0 Å². The Hall–Kier alpha value is -0.770. The van der Waals surface area contributed by atoms with Gasteiger partial charge in [0.15, 0.2) is 0 Å². The minimum absolute atomic E-state index is 0.479. The van der Waals surface area contributed by atoms with Crippen LogP contribution in [-0.2, 0) is 0 Å². The molecule has 3 N–H and O–H groups in total. The fraction of sp³-hybridized carbons (Fsp3) is 0.941. The van der Waals surface area contributed by atoms with E-state index in [2.05, 4.69) is 24.2 Å². The van der Waals surface area contributed by atoms with E-state index in [1.54, 1.807) is 0 Å². The van der Waals surface area contributed by atoms with Crippen LogP contribution in [0, 0.1) is 5.92 Å². The summed E-state index contributed by atoms with van der Waals surface area (Å²) in [6.07, 6.45) is 13.0. The van der Waals surface area contributed by atoms with Crippen LogP contribution in [0.2, 0.25) is 0 Å². The summed E-state index contributed by atoms with van der Waals surface area (Å²) in [4.78, 5) is 7.46. The number of hydrogen-bond acceptors (Lipinski definition) is 2. The Morgan fingerprint density at radius 3 is 2.29 bits per heavy atom. The molecule has 0 atom stereocenters. The monoisotopic (exact) mass is 294 g/mol. The van der Waals surface area contributed by atoms with Gasteiger partial charge in [0.05, 0.1) is 6.04 Å². The number of aliphatic imine (C=N–C) groups is 1. The molecule has 0 radical (unpaired) electrons. The Labute approximate surface area is 130 Å². The first-order valence-electron chi connectivity index (χ1n) is 9.01. The molecule has 0 aliphatic heterocycles. The molecule has 0 unspecified atom stereocenters. The Bertz CT molecular complexity index is 315. The zero-order valence-corrected chi connectivity index (χ0v) is 14.0. The van der Waals surface area contributed by atoms with Gasteiger partial charge in [0.1, 0.15) is 0 Å². The van der Waals surface area contributed by atoms with Crippen molar-refractivity contribution in [3.05, 3.63) is 0 Å². The fourth-order valence-electron chi connectivity index (χ4n) is 3.65. The normalized spacial score (nSPS) is 22.0. The van der Waals surface area contributed by atoms with Crippen molar-refractivity contribution in [2.45, 2.75) is 90.1 Å². The van der Waals surface area contributed by atoms with E-state index < -0.39 is 0 Å². The van der Waals surface area contributed by atoms with Crippen molar-refractivity contribution in [2.24, 2.45) is 16.8 Å². The molecule has 0 spiro atoms. The first-order valence-corrected chi connectivity index (χ1v) is 9.01. The van der Waals surface area contributed by atoms with Crippen LogP contribution < -0.4 is 11.3 Å². The maximum atomic E-state index is 5.84. The Morgan fingerprint density at radius 2 is 1.71 bits per heavy atom. The lowest BCUT2D eigenvalue weighted by Crippen LogP contribution is -2.50. The highest BCUT2D eigenvalue weighted by Crippen LogP contribution is 2.25. The van der Waals surface area contributed by atoms with Gasteiger partial charge in [0, 0.05) is 12.6 Å². The summed E-state index contributed by atoms with van der Waals surface area (Å²) >= 11 is 0. The van der Waals surface area contributed by atoms with Crippen molar-refractivity contribution in [3.8, 4) is 0 Å². The summed E-state index contributed by atoms with van der Waals surface area (Å²) in [6, 6.07) is 1.12. The van der Waals surface area contributed by atoms with Gasteiger partial charge in [-0.3, -0.25) is 5.43 Å². The quantitative estimate of drug-likeness (QED) is 0.353. The molecular formula is C17H34N4. The standard InChI is InChI=1S/C17H34N4/c1-14(2)12-13-21(16-10-6-7-11-16)17(20-18)19-15-8-4-3-5-9-15/h14-16H,3-13,18H2,1-2H3,(H,19,20). The van der Waals surface area contributed by atoms with Crippen LogP contribution in [0.25, 0.3) is 0 Å². The van der Waals surface area contributed by atoms with Gasteiger partial charge < -0.3 is 4.90 Å². The summed E-state index contributed by atoms with van der Waals surface area (Å²) in [6.45, 7) is 5.67. The summed E-state index contributed by atoms with van der Waals surface area (Å²) in [5.74, 6) is 7.52. The first-order chi connectivity index (χ1) is 10.2. The highest BCUT2D eigenvalue weighted by atomic mass is 15.4. The molecule has 0 aromatic carbocycles. The van der Waals surface area contributed by atoms with Crippen LogP contribution in [0.4, 0.5) is 0 Å². The number of hydrogen-bond donors (Lipinski definition) is 2. The van der Waals surface area contributed by atoms with Gasteiger partial charge in [-0.1, -0.05) is 46.0 Å². The molecule has 0 bridgehead atoms. The maximum absolute atomic E-state index is 5.84. The molecule has 2 saturated carbocycles. The van der Waals surface area contributed by atoms with E-state index in [0.717, 1.165) is 18.4 Å². The molecule has 0 saturated heterocycles. The van der Waals surface area contributed by atoms with Gasteiger partial charge in [0.25, 0.3) is 0 Å². The summed E-state index contributed by atoms with van der Waals surface area (Å²) in [7, 11) is 0. The van der Waals surface area contributed by atoms with E-state index in [9.17, 15) is 0 Å². The third kappa shape index (κ3) is 5.17. The van der Waals surface area contributed by atoms with Crippen LogP contribution in [0.15, 0.2) is 4.99 Å². The summed E-state index contributed by atoms with van der Waals surface area (Å²) < 4.78 is 0. The van der Waals surface area contributed by atoms with Crippen molar-refractivity contribution in [1.82, 2.24) is 10.3 Å². The van der Waals surface area contributed by atoms with Crippen LogP contribution >= 0.6 is 0 Å². The molecule has 2 aliphatic rings. The number of guanidine groups is 1. The lowest BCUT2D eigenvalue weighted by molar-refractivity contribution is 0.283. The van der Waals surface area contributed by atoms with Gasteiger partial charge >= 0.3 is 0 Å². The maximum Gasteiger partial charge on any atom is 0.208 e. The van der Waals surface area contributed by atoms with Crippen LogP contribution in [0.3, 0.4) is 0 Å². The molecule has 4 nitrogen and oxygen atoms in total. The molecule has 2 aliphatic carbocycles. The SMILES string of the molecule is CC(C)CCN(C(=NC1CCCCC1)NN)C1CCCC1. The second-order valence-corrected chi connectivity index (χ2v) is 7.20. The van der Waals surface area contributed by atoms with Crippen molar-refractivity contribution >= 4 is 5.96 Å². The Kier molecular flexibility index (Phi) is 6.81. The van der Waals surface area contributed by atoms with Gasteiger partial charge in [-0.2, -0.15) is 0 Å². The number of nitrogens with one attached hydrogen (secondary N) is 1. The molecule has 2 fully saturated rings. The van der Waals surface area contributed by atoms with Gasteiger partial charge in [-0.05, 0) is 38.0 Å².